The van der Waals surface area contributed by atoms with Gasteiger partial charge in [-0.05, 0) is 56.4 Å². The van der Waals surface area contributed by atoms with Crippen LogP contribution < -0.4 is 10.5 Å². The number of benzene rings is 1. The van der Waals surface area contributed by atoms with Crippen LogP contribution in [0.15, 0.2) is 17.0 Å². The number of hydrogen-bond donors (Lipinski definition) is 2. The summed E-state index contributed by atoms with van der Waals surface area (Å²) in [6, 6.07) is 3.30. The van der Waals surface area contributed by atoms with Crippen molar-refractivity contribution in [3.05, 3.63) is 23.3 Å². The highest BCUT2D eigenvalue weighted by Crippen LogP contribution is 2.23. The second-order valence-corrected chi connectivity index (χ2v) is 7.29. The molecule has 1 aromatic rings. The molecule has 0 aromatic heterocycles. The predicted octanol–water partition coefficient (Wildman–Crippen LogP) is 2.60. The van der Waals surface area contributed by atoms with Crippen LogP contribution in [0.4, 0.5) is 5.69 Å². The summed E-state index contributed by atoms with van der Waals surface area (Å²) in [5, 5.41) is 0. The fraction of sp³-hybridized carbons (Fsp3) is 0.571. The van der Waals surface area contributed by atoms with Crippen molar-refractivity contribution in [3.63, 3.8) is 0 Å². The highest BCUT2D eigenvalue weighted by molar-refractivity contribution is 7.89. The summed E-state index contributed by atoms with van der Waals surface area (Å²) in [5.41, 5.74) is 7.68. The third-order valence-electron chi connectivity index (χ3n) is 2.93. The zero-order chi connectivity index (χ0) is 14.8. The third-order valence-corrected chi connectivity index (χ3v) is 4.83. The molecule has 4 nitrogen and oxygen atoms in total. The first-order valence-electron chi connectivity index (χ1n) is 6.52. The molecule has 0 radical (unpaired) electrons. The Hall–Kier alpha value is -1.07. The zero-order valence-corrected chi connectivity index (χ0v) is 13.1. The first-order valence-corrected chi connectivity index (χ1v) is 8.01. The van der Waals surface area contributed by atoms with Gasteiger partial charge in [-0.2, -0.15) is 0 Å². The van der Waals surface area contributed by atoms with Gasteiger partial charge in [0.2, 0.25) is 10.0 Å². The van der Waals surface area contributed by atoms with E-state index in [0.717, 1.165) is 6.42 Å². The van der Waals surface area contributed by atoms with Crippen molar-refractivity contribution in [3.8, 4) is 0 Å². The van der Waals surface area contributed by atoms with Crippen molar-refractivity contribution in [2.75, 3.05) is 5.73 Å². The van der Waals surface area contributed by atoms with E-state index in [9.17, 15) is 8.42 Å². The summed E-state index contributed by atoms with van der Waals surface area (Å²) in [7, 11) is -3.49. The van der Waals surface area contributed by atoms with Crippen molar-refractivity contribution >= 4 is 15.7 Å². The molecule has 0 aliphatic heterocycles. The molecule has 0 aliphatic carbocycles. The lowest BCUT2D eigenvalue weighted by molar-refractivity contribution is 0.482. The monoisotopic (exact) mass is 284 g/mol. The van der Waals surface area contributed by atoms with E-state index < -0.39 is 10.0 Å². The van der Waals surface area contributed by atoms with Gasteiger partial charge >= 0.3 is 0 Å². The second-order valence-electron chi connectivity index (χ2n) is 5.64. The standard InChI is InChI=1S/C14H24N2O2S/c1-9(2)6-12(5)16-19(17,18)14-10(3)7-13(15)8-11(14)4/h7-9,12,16H,6,15H2,1-5H3. The molecule has 1 aromatic carbocycles. The summed E-state index contributed by atoms with van der Waals surface area (Å²) in [5.74, 6) is 0.450. The Morgan fingerprint density at radius 3 is 2.05 bits per heavy atom. The van der Waals surface area contributed by atoms with E-state index in [-0.39, 0.29) is 6.04 Å². The van der Waals surface area contributed by atoms with Crippen molar-refractivity contribution in [1.29, 1.82) is 0 Å². The molecule has 0 amide bonds. The fourth-order valence-corrected chi connectivity index (χ4v) is 4.20. The zero-order valence-electron chi connectivity index (χ0n) is 12.3. The van der Waals surface area contributed by atoms with Gasteiger partial charge in [0.05, 0.1) is 4.90 Å². The minimum atomic E-state index is -3.49. The smallest absolute Gasteiger partial charge is 0.241 e. The van der Waals surface area contributed by atoms with Gasteiger partial charge in [0.1, 0.15) is 0 Å². The molecule has 1 rings (SSSR count). The Labute approximate surface area is 116 Å². The first kappa shape index (κ1) is 16.0. The van der Waals surface area contributed by atoms with E-state index in [2.05, 4.69) is 18.6 Å². The fourth-order valence-electron chi connectivity index (χ4n) is 2.49. The summed E-state index contributed by atoms with van der Waals surface area (Å²) < 4.78 is 27.6. The van der Waals surface area contributed by atoms with Gasteiger partial charge in [0.25, 0.3) is 0 Å². The minimum Gasteiger partial charge on any atom is -0.399 e. The van der Waals surface area contributed by atoms with Gasteiger partial charge in [-0.25, -0.2) is 13.1 Å². The van der Waals surface area contributed by atoms with E-state index in [1.54, 1.807) is 26.0 Å². The molecule has 0 saturated heterocycles. The van der Waals surface area contributed by atoms with E-state index >= 15 is 0 Å². The second kappa shape index (κ2) is 5.92. The molecule has 0 aliphatic rings. The molecule has 3 N–H and O–H groups in total. The van der Waals surface area contributed by atoms with Crippen LogP contribution in [0.5, 0.6) is 0 Å². The third kappa shape index (κ3) is 4.21. The van der Waals surface area contributed by atoms with Gasteiger partial charge in [0, 0.05) is 11.7 Å². The van der Waals surface area contributed by atoms with Gasteiger partial charge in [-0.3, -0.25) is 0 Å². The number of sulfonamides is 1. The Balaban J connectivity index is 3.08. The highest BCUT2D eigenvalue weighted by Gasteiger charge is 2.22. The number of hydrogen-bond acceptors (Lipinski definition) is 3. The molecule has 0 bridgehead atoms. The van der Waals surface area contributed by atoms with Gasteiger partial charge in [-0.1, -0.05) is 13.8 Å². The Kier molecular flexibility index (Phi) is 4.98. The molecule has 0 spiro atoms. The molecule has 1 atom stereocenters. The van der Waals surface area contributed by atoms with Crippen LogP contribution in [0.25, 0.3) is 0 Å². The topological polar surface area (TPSA) is 72.2 Å². The number of nitrogens with two attached hydrogens (primary N) is 1. The minimum absolute atomic E-state index is 0.0821. The van der Waals surface area contributed by atoms with Crippen LogP contribution in [0.1, 0.15) is 38.3 Å². The van der Waals surface area contributed by atoms with Crippen molar-refractivity contribution in [2.24, 2.45) is 5.92 Å². The van der Waals surface area contributed by atoms with Gasteiger partial charge in [0.15, 0.2) is 0 Å². The lowest BCUT2D eigenvalue weighted by Crippen LogP contribution is -2.34. The van der Waals surface area contributed by atoms with E-state index in [4.69, 9.17) is 5.73 Å². The number of nitrogen functional groups attached to an aromatic ring is 1. The van der Waals surface area contributed by atoms with Crippen molar-refractivity contribution in [2.45, 2.75) is 52.0 Å². The quantitative estimate of drug-likeness (QED) is 0.816. The maximum atomic E-state index is 12.4. The number of anilines is 1. The molecular weight excluding hydrogens is 260 g/mol. The Morgan fingerprint density at radius 2 is 1.63 bits per heavy atom. The SMILES string of the molecule is Cc1cc(N)cc(C)c1S(=O)(=O)NC(C)CC(C)C. The molecular formula is C14H24N2O2S. The number of aryl methyl sites for hydroxylation is 2. The van der Waals surface area contributed by atoms with Gasteiger partial charge < -0.3 is 5.73 Å². The summed E-state index contributed by atoms with van der Waals surface area (Å²) in [4.78, 5) is 0.345. The van der Waals surface area contributed by atoms with Crippen LogP contribution in [-0.2, 0) is 10.0 Å². The molecule has 19 heavy (non-hydrogen) atoms. The molecule has 1 unspecified atom stereocenters. The highest BCUT2D eigenvalue weighted by atomic mass is 32.2. The molecule has 0 fully saturated rings. The lowest BCUT2D eigenvalue weighted by atomic mass is 10.1. The summed E-state index contributed by atoms with van der Waals surface area (Å²) in [6.07, 6.45) is 0.812. The van der Waals surface area contributed by atoms with E-state index in [1.807, 2.05) is 6.92 Å². The van der Waals surface area contributed by atoms with Crippen LogP contribution >= 0.6 is 0 Å². The number of nitrogens with one attached hydrogen (secondary N) is 1. The Bertz CT molecular complexity index is 528. The van der Waals surface area contributed by atoms with Crippen LogP contribution in [0.3, 0.4) is 0 Å². The predicted molar refractivity (Wildman–Crippen MR) is 79.6 cm³/mol. The van der Waals surface area contributed by atoms with Crippen molar-refractivity contribution < 1.29 is 8.42 Å². The molecule has 5 heteroatoms. The maximum Gasteiger partial charge on any atom is 0.241 e. The van der Waals surface area contributed by atoms with Gasteiger partial charge in [-0.15, -0.1) is 0 Å². The molecule has 0 saturated carbocycles. The average molecular weight is 284 g/mol. The van der Waals surface area contributed by atoms with E-state index in [0.29, 0.717) is 27.6 Å². The maximum absolute atomic E-state index is 12.4. The lowest BCUT2D eigenvalue weighted by Gasteiger charge is -2.18. The Morgan fingerprint density at radius 1 is 1.16 bits per heavy atom. The van der Waals surface area contributed by atoms with Crippen LogP contribution in [0, 0.1) is 19.8 Å². The molecule has 108 valence electrons. The summed E-state index contributed by atoms with van der Waals surface area (Å²) >= 11 is 0. The van der Waals surface area contributed by atoms with Crippen LogP contribution in [-0.4, -0.2) is 14.5 Å². The summed E-state index contributed by atoms with van der Waals surface area (Å²) in [6.45, 7) is 9.57. The normalized spacial score (nSPS) is 13.8. The average Bonchev–Trinajstić information content (AvgIpc) is 2.10. The van der Waals surface area contributed by atoms with Crippen LogP contribution in [0.2, 0.25) is 0 Å². The molecule has 0 heterocycles. The van der Waals surface area contributed by atoms with Crippen molar-refractivity contribution in [1.82, 2.24) is 4.72 Å². The first-order chi connectivity index (χ1) is 8.63. The number of rotatable bonds is 5. The van der Waals surface area contributed by atoms with E-state index in [1.165, 1.54) is 0 Å². The largest absolute Gasteiger partial charge is 0.399 e.